The van der Waals surface area contributed by atoms with E-state index in [0.717, 1.165) is 16.5 Å². The molecule has 1 N–H and O–H groups in total. The van der Waals surface area contributed by atoms with Gasteiger partial charge in [-0.1, -0.05) is 12.1 Å². The lowest BCUT2D eigenvalue weighted by Crippen LogP contribution is -2.37. The summed E-state index contributed by atoms with van der Waals surface area (Å²) in [6, 6.07) is 11.5. The summed E-state index contributed by atoms with van der Waals surface area (Å²) < 4.78 is 4.95. The lowest BCUT2D eigenvalue weighted by Gasteiger charge is -2.20. The van der Waals surface area contributed by atoms with Gasteiger partial charge >= 0.3 is 0 Å². The summed E-state index contributed by atoms with van der Waals surface area (Å²) in [5.74, 6) is 1.20. The van der Waals surface area contributed by atoms with Crippen LogP contribution < -0.4 is 10.2 Å². The average molecular weight is 351 g/mol. The molecule has 3 rings (SSSR count). The van der Waals surface area contributed by atoms with Crippen LogP contribution in [0.3, 0.4) is 0 Å². The van der Waals surface area contributed by atoms with Crippen LogP contribution >= 0.6 is 0 Å². The number of nitrogens with one attached hydrogen (secondary N) is 1. The molecule has 7 nitrogen and oxygen atoms in total. The second-order valence-corrected chi connectivity index (χ2v) is 5.83. The maximum atomic E-state index is 12.1. The fourth-order valence-electron chi connectivity index (χ4n) is 2.61. The number of aromatic nitrogens is 3. The van der Waals surface area contributed by atoms with Crippen LogP contribution in [0.25, 0.3) is 22.3 Å². The van der Waals surface area contributed by atoms with Crippen molar-refractivity contribution in [2.24, 2.45) is 0 Å². The van der Waals surface area contributed by atoms with E-state index in [2.05, 4.69) is 15.3 Å². The Hall–Kier alpha value is -3.06. The van der Waals surface area contributed by atoms with Crippen LogP contribution in [0.15, 0.2) is 48.8 Å². The fraction of sp³-hybridized carbons (Fsp3) is 0.263. The van der Waals surface area contributed by atoms with Crippen LogP contribution in [0.1, 0.15) is 0 Å². The van der Waals surface area contributed by atoms with Crippen LogP contribution in [0.2, 0.25) is 0 Å². The molecule has 2 aromatic heterocycles. The third kappa shape index (κ3) is 4.12. The van der Waals surface area contributed by atoms with E-state index in [1.807, 2.05) is 48.3 Å². The highest BCUT2D eigenvalue weighted by Gasteiger charge is 2.15. The summed E-state index contributed by atoms with van der Waals surface area (Å²) in [6.07, 6.45) is 3.44. The van der Waals surface area contributed by atoms with E-state index in [1.54, 1.807) is 19.5 Å². The number of rotatable bonds is 7. The summed E-state index contributed by atoms with van der Waals surface area (Å²) in [7, 11) is 3.45. The Morgan fingerprint density at radius 2 is 2.04 bits per heavy atom. The number of nitrogens with zero attached hydrogens (tertiary/aromatic N) is 4. The van der Waals surface area contributed by atoms with Gasteiger partial charge in [-0.05, 0) is 24.3 Å². The zero-order chi connectivity index (χ0) is 18.4. The number of carbonyl (C=O) groups excluding carboxylic acids is 1. The molecule has 0 aliphatic rings. The third-order valence-corrected chi connectivity index (χ3v) is 3.87. The molecule has 0 fully saturated rings. The highest BCUT2D eigenvalue weighted by molar-refractivity contribution is 5.92. The van der Waals surface area contributed by atoms with E-state index in [0.29, 0.717) is 24.8 Å². The van der Waals surface area contributed by atoms with Gasteiger partial charge in [0.2, 0.25) is 5.91 Å². The monoisotopic (exact) mass is 351 g/mol. The number of ether oxygens (including phenoxy) is 1. The number of para-hydroxylation sites is 1. The number of pyridine rings is 1. The largest absolute Gasteiger partial charge is 0.383 e. The van der Waals surface area contributed by atoms with Gasteiger partial charge in [0.15, 0.2) is 5.82 Å². The van der Waals surface area contributed by atoms with Crippen molar-refractivity contribution < 1.29 is 9.53 Å². The lowest BCUT2D eigenvalue weighted by molar-refractivity contribution is -0.119. The van der Waals surface area contributed by atoms with Crippen molar-refractivity contribution in [3.8, 4) is 11.4 Å². The van der Waals surface area contributed by atoms with Crippen LogP contribution in [0, 0.1) is 0 Å². The zero-order valence-electron chi connectivity index (χ0n) is 14.8. The Morgan fingerprint density at radius 3 is 2.81 bits per heavy atom. The maximum absolute atomic E-state index is 12.1. The zero-order valence-corrected chi connectivity index (χ0v) is 14.8. The molecular weight excluding hydrogens is 330 g/mol. The Labute approximate surface area is 152 Å². The first-order chi connectivity index (χ1) is 12.7. The van der Waals surface area contributed by atoms with Gasteiger partial charge in [0.1, 0.15) is 5.82 Å². The molecule has 26 heavy (non-hydrogen) atoms. The first kappa shape index (κ1) is 17.8. The molecule has 0 unspecified atom stereocenters. The first-order valence-corrected chi connectivity index (χ1v) is 8.33. The number of fused-ring (bicyclic) bond motifs is 1. The molecule has 0 aliphatic heterocycles. The summed E-state index contributed by atoms with van der Waals surface area (Å²) >= 11 is 0. The second kappa shape index (κ2) is 8.35. The van der Waals surface area contributed by atoms with E-state index in [1.165, 1.54) is 0 Å². The van der Waals surface area contributed by atoms with E-state index in [9.17, 15) is 4.79 Å². The topological polar surface area (TPSA) is 80.2 Å². The smallest absolute Gasteiger partial charge is 0.239 e. The molecular formula is C19H21N5O2. The van der Waals surface area contributed by atoms with Crippen molar-refractivity contribution in [3.05, 3.63) is 48.8 Å². The standard InChI is InChI=1S/C19H21N5O2/c1-24(13-17(25)21-10-11-26-2)19-15-7-3-4-8-16(15)22-18(23-19)14-6-5-9-20-12-14/h3-9,12H,10-11,13H2,1-2H3,(H,21,25). The minimum Gasteiger partial charge on any atom is -0.383 e. The van der Waals surface area contributed by atoms with E-state index < -0.39 is 0 Å². The molecule has 0 atom stereocenters. The van der Waals surface area contributed by atoms with Gasteiger partial charge in [0.05, 0.1) is 18.7 Å². The predicted molar refractivity (Wildman–Crippen MR) is 101 cm³/mol. The molecule has 0 saturated carbocycles. The Morgan fingerprint density at radius 1 is 1.19 bits per heavy atom. The predicted octanol–water partition coefficient (Wildman–Crippen LogP) is 1.89. The summed E-state index contributed by atoms with van der Waals surface area (Å²) in [5, 5.41) is 3.72. The number of amides is 1. The average Bonchev–Trinajstić information content (AvgIpc) is 2.68. The van der Waals surface area contributed by atoms with Gasteiger partial charge < -0.3 is 15.0 Å². The van der Waals surface area contributed by atoms with Crippen LogP contribution in [0.4, 0.5) is 5.82 Å². The molecule has 1 aromatic carbocycles. The van der Waals surface area contributed by atoms with Crippen molar-refractivity contribution >= 4 is 22.6 Å². The SMILES string of the molecule is COCCNC(=O)CN(C)c1nc(-c2cccnc2)nc2ccccc12. The number of benzene rings is 1. The molecule has 0 aliphatic carbocycles. The molecule has 134 valence electrons. The van der Waals surface area contributed by atoms with Crippen LogP contribution in [-0.4, -0.2) is 54.7 Å². The van der Waals surface area contributed by atoms with Crippen molar-refractivity contribution in [3.63, 3.8) is 0 Å². The van der Waals surface area contributed by atoms with Gasteiger partial charge in [-0.2, -0.15) is 0 Å². The summed E-state index contributed by atoms with van der Waals surface area (Å²) in [4.78, 5) is 27.4. The first-order valence-electron chi connectivity index (χ1n) is 8.33. The van der Waals surface area contributed by atoms with E-state index in [-0.39, 0.29) is 12.5 Å². The molecule has 2 heterocycles. The minimum atomic E-state index is -0.0878. The molecule has 1 amide bonds. The van der Waals surface area contributed by atoms with Gasteiger partial charge in [-0.15, -0.1) is 0 Å². The molecule has 0 radical (unpaired) electrons. The summed E-state index contributed by atoms with van der Waals surface area (Å²) in [5.41, 5.74) is 1.65. The number of hydrogen-bond acceptors (Lipinski definition) is 6. The molecule has 0 spiro atoms. The normalized spacial score (nSPS) is 10.7. The number of likely N-dealkylation sites (N-methyl/N-ethyl adjacent to an activating group) is 1. The molecule has 0 bridgehead atoms. The van der Waals surface area contributed by atoms with Gasteiger partial charge in [0, 0.05) is 44.0 Å². The van der Waals surface area contributed by atoms with Crippen molar-refractivity contribution in [1.29, 1.82) is 0 Å². The van der Waals surface area contributed by atoms with Gasteiger partial charge in [0.25, 0.3) is 0 Å². The lowest BCUT2D eigenvalue weighted by atomic mass is 10.2. The Bertz CT molecular complexity index is 885. The van der Waals surface area contributed by atoms with E-state index >= 15 is 0 Å². The van der Waals surface area contributed by atoms with E-state index in [4.69, 9.17) is 9.72 Å². The highest BCUT2D eigenvalue weighted by Crippen LogP contribution is 2.26. The number of anilines is 1. The quantitative estimate of drug-likeness (QED) is 0.655. The number of carbonyl (C=O) groups is 1. The minimum absolute atomic E-state index is 0.0878. The van der Waals surface area contributed by atoms with Gasteiger partial charge in [-0.25, -0.2) is 9.97 Å². The number of hydrogen-bond donors (Lipinski definition) is 1. The van der Waals surface area contributed by atoms with Crippen molar-refractivity contribution in [2.75, 3.05) is 38.8 Å². The molecule has 0 saturated heterocycles. The van der Waals surface area contributed by atoms with Crippen molar-refractivity contribution in [1.82, 2.24) is 20.3 Å². The summed E-state index contributed by atoms with van der Waals surface area (Å²) in [6.45, 7) is 1.16. The van der Waals surface area contributed by atoms with Crippen LogP contribution in [0.5, 0.6) is 0 Å². The molecule has 3 aromatic rings. The third-order valence-electron chi connectivity index (χ3n) is 3.87. The van der Waals surface area contributed by atoms with Crippen molar-refractivity contribution in [2.45, 2.75) is 0 Å². The van der Waals surface area contributed by atoms with Gasteiger partial charge in [-0.3, -0.25) is 9.78 Å². The Kier molecular flexibility index (Phi) is 5.70. The Balaban J connectivity index is 1.92. The molecule has 7 heteroatoms. The second-order valence-electron chi connectivity index (χ2n) is 5.83. The number of methoxy groups -OCH3 is 1. The fourth-order valence-corrected chi connectivity index (χ4v) is 2.61. The highest BCUT2D eigenvalue weighted by atomic mass is 16.5. The van der Waals surface area contributed by atoms with Crippen LogP contribution in [-0.2, 0) is 9.53 Å². The maximum Gasteiger partial charge on any atom is 0.239 e.